The zero-order chi connectivity index (χ0) is 22.8. The van der Waals surface area contributed by atoms with Crippen molar-refractivity contribution in [1.82, 2.24) is 0 Å². The van der Waals surface area contributed by atoms with E-state index in [0.717, 1.165) is 17.2 Å². The molecular formula is C21H22N4O4S2. The Kier molecular flexibility index (Phi) is 6.14. The molecule has 0 aliphatic carbocycles. The number of rotatable bonds is 7. The van der Waals surface area contributed by atoms with Crippen molar-refractivity contribution in [3.63, 3.8) is 0 Å². The largest absolute Gasteiger partial charge is 0.279 e. The molecule has 31 heavy (non-hydrogen) atoms. The van der Waals surface area contributed by atoms with Crippen molar-refractivity contribution in [3.05, 3.63) is 77.4 Å². The van der Waals surface area contributed by atoms with Gasteiger partial charge in [-0.2, -0.15) is 5.11 Å². The minimum absolute atomic E-state index is 0.00167. The normalized spacial score (nSPS) is 11.7. The van der Waals surface area contributed by atoms with Crippen molar-refractivity contribution in [2.24, 2.45) is 5.11 Å². The molecule has 0 aliphatic heterocycles. The Morgan fingerprint density at radius 1 is 0.710 bits per heavy atom. The summed E-state index contributed by atoms with van der Waals surface area (Å²) in [6.45, 7) is 5.42. The molecule has 162 valence electrons. The van der Waals surface area contributed by atoms with Gasteiger partial charge in [0.05, 0.1) is 22.0 Å². The summed E-state index contributed by atoms with van der Waals surface area (Å²) < 4.78 is 56.8. The number of nitrogens with one attached hydrogen (secondary N) is 3. The van der Waals surface area contributed by atoms with E-state index in [4.69, 9.17) is 5.53 Å². The average Bonchev–Trinajstić information content (AvgIpc) is 2.71. The van der Waals surface area contributed by atoms with E-state index in [1.54, 1.807) is 31.2 Å². The summed E-state index contributed by atoms with van der Waals surface area (Å²) in [6.07, 6.45) is 0. The van der Waals surface area contributed by atoms with E-state index in [0.29, 0.717) is 11.3 Å². The lowest BCUT2D eigenvalue weighted by molar-refractivity contribution is 0.600. The van der Waals surface area contributed by atoms with Gasteiger partial charge in [0, 0.05) is 0 Å². The van der Waals surface area contributed by atoms with Crippen molar-refractivity contribution in [2.45, 2.75) is 30.6 Å². The van der Waals surface area contributed by atoms with Crippen LogP contribution in [-0.2, 0) is 20.0 Å². The molecule has 0 heterocycles. The first-order chi connectivity index (χ1) is 14.5. The number of hydrogen-bond donors (Lipinski definition) is 3. The Morgan fingerprint density at radius 2 is 1.32 bits per heavy atom. The highest BCUT2D eigenvalue weighted by molar-refractivity contribution is 7.94. The molecule has 0 aromatic heterocycles. The predicted octanol–water partition coefficient (Wildman–Crippen LogP) is 4.88. The molecule has 0 radical (unpaired) electrons. The van der Waals surface area contributed by atoms with Crippen LogP contribution in [0.4, 0.5) is 17.1 Å². The fraction of sp³-hybridized carbons (Fsp3) is 0.143. The summed E-state index contributed by atoms with van der Waals surface area (Å²) in [5.41, 5.74) is 9.96. The van der Waals surface area contributed by atoms with Crippen molar-refractivity contribution in [1.29, 1.82) is 5.53 Å². The van der Waals surface area contributed by atoms with Crippen LogP contribution < -0.4 is 9.44 Å². The maximum atomic E-state index is 13.2. The molecule has 8 nitrogen and oxygen atoms in total. The molecule has 0 saturated carbocycles. The molecule has 0 atom stereocenters. The second-order valence-electron chi connectivity index (χ2n) is 7.13. The fourth-order valence-corrected chi connectivity index (χ4v) is 5.30. The van der Waals surface area contributed by atoms with Crippen LogP contribution in [0.15, 0.2) is 75.6 Å². The van der Waals surface area contributed by atoms with E-state index in [2.05, 4.69) is 14.6 Å². The predicted molar refractivity (Wildman–Crippen MR) is 120 cm³/mol. The molecule has 0 bridgehead atoms. The summed E-state index contributed by atoms with van der Waals surface area (Å²) in [5.74, 6) is 0. The molecule has 3 rings (SSSR count). The summed E-state index contributed by atoms with van der Waals surface area (Å²) in [6, 6.07) is 15.3. The first kappa shape index (κ1) is 22.4. The van der Waals surface area contributed by atoms with Crippen molar-refractivity contribution in [2.75, 3.05) is 9.44 Å². The van der Waals surface area contributed by atoms with Gasteiger partial charge in [0.25, 0.3) is 20.0 Å². The van der Waals surface area contributed by atoms with Crippen LogP contribution in [0, 0.1) is 26.3 Å². The summed E-state index contributed by atoms with van der Waals surface area (Å²) in [7, 11) is -8.24. The molecule has 3 N–H and O–H groups in total. The quantitative estimate of drug-likeness (QED) is 0.436. The smallest absolute Gasteiger partial charge is 0.264 e. The van der Waals surface area contributed by atoms with Crippen molar-refractivity contribution in [3.8, 4) is 0 Å². The van der Waals surface area contributed by atoms with Crippen LogP contribution >= 0.6 is 0 Å². The second kappa shape index (κ2) is 8.48. The monoisotopic (exact) mass is 458 g/mol. The third-order valence-electron chi connectivity index (χ3n) is 4.60. The van der Waals surface area contributed by atoms with Crippen LogP contribution in [0.3, 0.4) is 0 Å². The van der Waals surface area contributed by atoms with Gasteiger partial charge >= 0.3 is 0 Å². The summed E-state index contributed by atoms with van der Waals surface area (Å²) >= 11 is 0. The molecule has 0 amide bonds. The van der Waals surface area contributed by atoms with Gasteiger partial charge in [-0.15, -0.1) is 0 Å². The van der Waals surface area contributed by atoms with E-state index < -0.39 is 20.0 Å². The Labute approximate surface area is 181 Å². The third-order valence-corrected chi connectivity index (χ3v) is 7.38. The van der Waals surface area contributed by atoms with Crippen LogP contribution in [0.5, 0.6) is 0 Å². The third kappa shape index (κ3) is 5.09. The molecule has 0 fully saturated rings. The highest BCUT2D eigenvalue weighted by Crippen LogP contribution is 2.31. The molecular weight excluding hydrogens is 436 g/mol. The van der Waals surface area contributed by atoms with E-state index in [1.807, 2.05) is 19.9 Å². The van der Waals surface area contributed by atoms with Gasteiger partial charge in [-0.25, -0.2) is 22.4 Å². The first-order valence-electron chi connectivity index (χ1n) is 9.23. The highest BCUT2D eigenvalue weighted by atomic mass is 32.2. The zero-order valence-corrected chi connectivity index (χ0v) is 18.8. The molecule has 10 heteroatoms. The lowest BCUT2D eigenvalue weighted by Crippen LogP contribution is -2.19. The lowest BCUT2D eigenvalue weighted by atomic mass is 10.1. The molecule has 0 spiro atoms. The number of anilines is 2. The van der Waals surface area contributed by atoms with Gasteiger partial charge in [0.2, 0.25) is 0 Å². The Hall–Kier alpha value is -3.24. The molecule has 0 saturated heterocycles. The van der Waals surface area contributed by atoms with Crippen LogP contribution in [0.2, 0.25) is 0 Å². The maximum Gasteiger partial charge on any atom is 0.264 e. The number of aryl methyl sites for hydroxylation is 3. The van der Waals surface area contributed by atoms with E-state index in [1.165, 1.54) is 24.3 Å². The second-order valence-corrected chi connectivity index (χ2v) is 10.5. The fourth-order valence-electron chi connectivity index (χ4n) is 2.85. The average molecular weight is 459 g/mol. The molecule has 0 aliphatic rings. The van der Waals surface area contributed by atoms with Crippen LogP contribution in [0.25, 0.3) is 0 Å². The minimum Gasteiger partial charge on any atom is -0.279 e. The van der Waals surface area contributed by atoms with Crippen LogP contribution in [-0.4, -0.2) is 16.8 Å². The Balaban J connectivity index is 2.06. The first-order valence-corrected chi connectivity index (χ1v) is 12.2. The number of sulfonamides is 2. The van der Waals surface area contributed by atoms with Gasteiger partial charge < -0.3 is 0 Å². The standard InChI is InChI=1S/C21H22N4O4S2/c1-14-5-9-18(10-6-14)30(26,27)24-19-11-8-17(23-22)13-21(19)31(28,29)25-20-12-15(2)4-7-16(20)3/h4-13,22,24-25H,1-3H3. The number of benzene rings is 3. The van der Waals surface area contributed by atoms with Gasteiger partial charge in [-0.3, -0.25) is 9.44 Å². The van der Waals surface area contributed by atoms with E-state index in [9.17, 15) is 16.8 Å². The topological polar surface area (TPSA) is 129 Å². The molecule has 0 unspecified atom stereocenters. The maximum absolute atomic E-state index is 13.2. The van der Waals surface area contributed by atoms with Gasteiger partial charge in [0.15, 0.2) is 0 Å². The Bertz CT molecular complexity index is 1350. The van der Waals surface area contributed by atoms with Crippen molar-refractivity contribution < 1.29 is 16.8 Å². The zero-order valence-electron chi connectivity index (χ0n) is 17.2. The molecule has 3 aromatic carbocycles. The van der Waals surface area contributed by atoms with Gasteiger partial charge in [0.1, 0.15) is 4.90 Å². The minimum atomic E-state index is -4.20. The van der Waals surface area contributed by atoms with Crippen LogP contribution in [0.1, 0.15) is 16.7 Å². The van der Waals surface area contributed by atoms with Crippen molar-refractivity contribution >= 4 is 37.1 Å². The highest BCUT2D eigenvalue weighted by Gasteiger charge is 2.24. The number of hydrogen-bond acceptors (Lipinski definition) is 6. The number of nitrogens with zero attached hydrogens (tertiary/aromatic N) is 1. The Morgan fingerprint density at radius 3 is 1.97 bits per heavy atom. The lowest BCUT2D eigenvalue weighted by Gasteiger charge is -2.16. The summed E-state index contributed by atoms with van der Waals surface area (Å²) in [4.78, 5) is -0.337. The van der Waals surface area contributed by atoms with E-state index in [-0.39, 0.29) is 21.2 Å². The van der Waals surface area contributed by atoms with Gasteiger partial charge in [-0.1, -0.05) is 29.8 Å². The van der Waals surface area contributed by atoms with E-state index >= 15 is 0 Å². The molecule has 3 aromatic rings. The van der Waals surface area contributed by atoms with Gasteiger partial charge in [-0.05, 0) is 68.3 Å². The summed E-state index contributed by atoms with van der Waals surface area (Å²) in [5, 5.41) is 3.27. The SMILES string of the molecule is Cc1ccc(S(=O)(=O)Nc2ccc(N=N)cc2S(=O)(=O)Nc2cc(C)ccc2C)cc1.